The first kappa shape index (κ1) is 16.6. The van der Waals surface area contributed by atoms with Crippen molar-refractivity contribution >= 4 is 40.4 Å². The molecule has 1 amide bonds. The summed E-state index contributed by atoms with van der Waals surface area (Å²) in [6, 6.07) is 2.08. The first-order valence-electron chi connectivity index (χ1n) is 7.96. The number of halogens is 1. The number of nitrogens with one attached hydrogen (secondary N) is 2. The molecule has 0 saturated heterocycles. The Balaban J connectivity index is 1.55. The summed E-state index contributed by atoms with van der Waals surface area (Å²) < 4.78 is 0. The maximum absolute atomic E-state index is 12.2. The van der Waals surface area contributed by atoms with Crippen LogP contribution in [0.25, 0.3) is 11.2 Å². The number of hydrogen-bond acceptors (Lipinski definition) is 4. The Kier molecular flexibility index (Phi) is 5.11. The van der Waals surface area contributed by atoms with Gasteiger partial charge in [-0.05, 0) is 24.3 Å². The van der Waals surface area contributed by atoms with E-state index < -0.39 is 0 Å². The third kappa shape index (κ3) is 3.98. The largest absolute Gasteiger partial charge is 0.352 e. The second-order valence-corrected chi connectivity index (χ2v) is 7.70. The van der Waals surface area contributed by atoms with E-state index >= 15 is 0 Å². The van der Waals surface area contributed by atoms with Gasteiger partial charge in [0.2, 0.25) is 5.91 Å². The van der Waals surface area contributed by atoms with E-state index in [1.165, 1.54) is 24.6 Å². The van der Waals surface area contributed by atoms with Crippen molar-refractivity contribution in [2.45, 2.75) is 44.3 Å². The van der Waals surface area contributed by atoms with Gasteiger partial charge in [0.15, 0.2) is 10.8 Å². The normalized spacial score (nSPS) is 24.7. The van der Waals surface area contributed by atoms with Crippen LogP contribution in [-0.2, 0) is 4.79 Å². The maximum atomic E-state index is 12.2. The minimum Gasteiger partial charge on any atom is -0.352 e. The molecule has 1 aliphatic rings. The van der Waals surface area contributed by atoms with Crippen LogP contribution in [0.5, 0.6) is 0 Å². The van der Waals surface area contributed by atoms with Crippen molar-refractivity contribution < 1.29 is 4.79 Å². The minimum atomic E-state index is 0.0624. The summed E-state index contributed by atoms with van der Waals surface area (Å²) in [5.41, 5.74) is 1.40. The highest BCUT2D eigenvalue weighted by molar-refractivity contribution is 7.99. The number of amides is 1. The highest BCUT2D eigenvalue weighted by atomic mass is 35.5. The van der Waals surface area contributed by atoms with Gasteiger partial charge in [-0.3, -0.25) is 4.79 Å². The molecule has 7 heteroatoms. The highest BCUT2D eigenvalue weighted by Gasteiger charge is 2.28. The monoisotopic (exact) mass is 352 g/mol. The third-order valence-electron chi connectivity index (χ3n) is 4.68. The lowest BCUT2D eigenvalue weighted by Crippen LogP contribution is -2.44. The Morgan fingerprint density at radius 1 is 1.48 bits per heavy atom. The number of pyridine rings is 1. The van der Waals surface area contributed by atoms with Crippen molar-refractivity contribution in [3.63, 3.8) is 0 Å². The van der Waals surface area contributed by atoms with Gasteiger partial charge < -0.3 is 10.3 Å². The molecule has 1 saturated carbocycles. The van der Waals surface area contributed by atoms with Crippen LogP contribution in [0.3, 0.4) is 0 Å². The van der Waals surface area contributed by atoms with Crippen LogP contribution in [0.4, 0.5) is 0 Å². The van der Waals surface area contributed by atoms with Crippen LogP contribution in [0, 0.1) is 11.8 Å². The Labute approximate surface area is 145 Å². The molecule has 3 rings (SSSR count). The quantitative estimate of drug-likeness (QED) is 0.824. The van der Waals surface area contributed by atoms with Crippen molar-refractivity contribution in [3.8, 4) is 0 Å². The maximum Gasteiger partial charge on any atom is 0.230 e. The lowest BCUT2D eigenvalue weighted by molar-refractivity contribution is -0.120. The molecule has 0 radical (unpaired) electrons. The smallest absolute Gasteiger partial charge is 0.230 e. The summed E-state index contributed by atoms with van der Waals surface area (Å²) in [4.78, 5) is 23.8. The fraction of sp³-hybridized carbons (Fsp3) is 0.562. The van der Waals surface area contributed by atoms with Gasteiger partial charge in [0, 0.05) is 12.2 Å². The number of aromatic amines is 1. The van der Waals surface area contributed by atoms with Crippen molar-refractivity contribution in [2.24, 2.45) is 11.8 Å². The van der Waals surface area contributed by atoms with Crippen molar-refractivity contribution in [1.82, 2.24) is 20.3 Å². The Morgan fingerprint density at radius 3 is 3.13 bits per heavy atom. The molecule has 0 bridgehead atoms. The van der Waals surface area contributed by atoms with E-state index in [1.54, 1.807) is 12.3 Å². The molecule has 5 nitrogen and oxygen atoms in total. The Bertz CT molecular complexity index is 704. The molecule has 1 aliphatic carbocycles. The predicted molar refractivity (Wildman–Crippen MR) is 93.7 cm³/mol. The number of hydrogen-bond donors (Lipinski definition) is 2. The zero-order valence-corrected chi connectivity index (χ0v) is 14.9. The molecule has 0 aromatic carbocycles. The van der Waals surface area contributed by atoms with E-state index in [9.17, 15) is 4.79 Å². The lowest BCUT2D eigenvalue weighted by atomic mass is 9.78. The van der Waals surface area contributed by atoms with Crippen LogP contribution < -0.4 is 5.32 Å². The molecule has 124 valence electrons. The van der Waals surface area contributed by atoms with Gasteiger partial charge in [-0.1, -0.05) is 50.1 Å². The van der Waals surface area contributed by atoms with Crippen LogP contribution in [0.15, 0.2) is 17.4 Å². The zero-order chi connectivity index (χ0) is 16.4. The van der Waals surface area contributed by atoms with Gasteiger partial charge in [0.25, 0.3) is 0 Å². The third-order valence-corrected chi connectivity index (χ3v) is 5.76. The van der Waals surface area contributed by atoms with Gasteiger partial charge in [-0.25, -0.2) is 9.97 Å². The highest BCUT2D eigenvalue weighted by Crippen LogP contribution is 2.29. The molecular formula is C16H21ClN4OS. The number of nitrogens with zero attached hydrogens (tertiary/aromatic N) is 2. The number of fused-ring (bicyclic) bond motifs is 1. The molecule has 2 heterocycles. The molecule has 3 atom stereocenters. The molecule has 0 spiro atoms. The van der Waals surface area contributed by atoms with E-state index in [4.69, 9.17) is 11.6 Å². The van der Waals surface area contributed by atoms with Gasteiger partial charge >= 0.3 is 0 Å². The fourth-order valence-corrected chi connectivity index (χ4v) is 3.93. The van der Waals surface area contributed by atoms with E-state index in [1.807, 2.05) is 0 Å². The first-order valence-corrected chi connectivity index (χ1v) is 9.32. The van der Waals surface area contributed by atoms with E-state index in [0.717, 1.165) is 11.9 Å². The van der Waals surface area contributed by atoms with Crippen molar-refractivity contribution in [1.29, 1.82) is 0 Å². The van der Waals surface area contributed by atoms with Gasteiger partial charge in [0.1, 0.15) is 0 Å². The summed E-state index contributed by atoms with van der Waals surface area (Å²) in [6.45, 7) is 4.50. The minimum absolute atomic E-state index is 0.0624. The number of aromatic nitrogens is 3. The van der Waals surface area contributed by atoms with E-state index in [0.29, 0.717) is 39.5 Å². The number of thioether (sulfide) groups is 1. The number of imidazole rings is 1. The molecule has 2 N–H and O–H groups in total. The first-order chi connectivity index (χ1) is 11.0. The van der Waals surface area contributed by atoms with Crippen LogP contribution in [0.2, 0.25) is 5.02 Å². The molecule has 2 aromatic rings. The number of rotatable bonds is 4. The number of carbonyl (C=O) groups excluding carboxylic acids is 1. The molecular weight excluding hydrogens is 332 g/mol. The molecule has 0 unspecified atom stereocenters. The fourth-order valence-electron chi connectivity index (χ4n) is 3.09. The van der Waals surface area contributed by atoms with Gasteiger partial charge in [-0.2, -0.15) is 0 Å². The van der Waals surface area contributed by atoms with Crippen molar-refractivity contribution in [3.05, 3.63) is 17.3 Å². The summed E-state index contributed by atoms with van der Waals surface area (Å²) in [5.74, 6) is 1.63. The van der Waals surface area contributed by atoms with E-state index in [-0.39, 0.29) is 5.91 Å². The van der Waals surface area contributed by atoms with Crippen LogP contribution in [-0.4, -0.2) is 32.7 Å². The van der Waals surface area contributed by atoms with Gasteiger partial charge in [0.05, 0.1) is 16.3 Å². The average Bonchev–Trinajstić information content (AvgIpc) is 2.92. The second kappa shape index (κ2) is 7.09. The lowest BCUT2D eigenvalue weighted by Gasteiger charge is -2.34. The summed E-state index contributed by atoms with van der Waals surface area (Å²) in [6.07, 6.45) is 5.10. The average molecular weight is 353 g/mol. The predicted octanol–water partition coefficient (Wildman–Crippen LogP) is 3.64. The number of carbonyl (C=O) groups is 1. The summed E-state index contributed by atoms with van der Waals surface area (Å²) in [7, 11) is 0. The summed E-state index contributed by atoms with van der Waals surface area (Å²) >= 11 is 7.30. The Hall–Kier alpha value is -1.27. The molecule has 2 aromatic heterocycles. The second-order valence-electron chi connectivity index (χ2n) is 6.30. The number of H-pyrrole nitrogens is 1. The van der Waals surface area contributed by atoms with E-state index in [2.05, 4.69) is 34.1 Å². The van der Waals surface area contributed by atoms with Crippen LogP contribution in [0.1, 0.15) is 33.1 Å². The van der Waals surface area contributed by atoms with Crippen molar-refractivity contribution in [2.75, 3.05) is 5.75 Å². The SMILES string of the molecule is C[C@H]1[C@@H](NC(=O)CSc2nc3ncc(Cl)cc3[nH]2)CCC[C@@H]1C. The molecule has 23 heavy (non-hydrogen) atoms. The molecule has 0 aliphatic heterocycles. The molecule has 1 fully saturated rings. The summed E-state index contributed by atoms with van der Waals surface area (Å²) in [5, 5.41) is 4.43. The van der Waals surface area contributed by atoms with Crippen LogP contribution >= 0.6 is 23.4 Å². The Morgan fingerprint density at radius 2 is 2.30 bits per heavy atom. The standard InChI is InChI=1S/C16H21ClN4OS/c1-9-4-3-5-12(10(9)2)19-14(22)8-23-16-20-13-6-11(17)7-18-15(13)21-16/h6-7,9-10,12H,3-5,8H2,1-2H3,(H,19,22)(H,18,20,21)/t9-,10+,12-/m0/s1. The topological polar surface area (TPSA) is 70.7 Å². The van der Waals surface area contributed by atoms with Gasteiger partial charge in [-0.15, -0.1) is 0 Å². The zero-order valence-electron chi connectivity index (χ0n) is 13.3.